The van der Waals surface area contributed by atoms with Crippen LogP contribution in [0, 0.1) is 5.92 Å². The second-order valence-electron chi connectivity index (χ2n) is 7.71. The number of hydrogen-bond donors (Lipinski definition) is 0. The van der Waals surface area contributed by atoms with Gasteiger partial charge < -0.3 is 9.64 Å². The molecule has 1 aliphatic carbocycles. The molecule has 2 atom stereocenters. The number of aryl methyl sites for hydroxylation is 1. The number of hydrogen-bond acceptors (Lipinski definition) is 6. The van der Waals surface area contributed by atoms with Crippen LogP contribution in [-0.2, 0) is 11.2 Å². The third kappa shape index (κ3) is 4.25. The predicted octanol–water partition coefficient (Wildman–Crippen LogP) is 3.97. The fraction of sp³-hybridized carbons (Fsp3) is 0.619. The average Bonchev–Trinajstić information content (AvgIpc) is 3.51. The number of rotatable bonds is 7. The van der Waals surface area contributed by atoms with E-state index >= 15 is 0 Å². The van der Waals surface area contributed by atoms with Crippen molar-refractivity contribution >= 4 is 17.2 Å². The number of aromatic nitrogens is 3. The molecule has 0 bridgehead atoms. The van der Waals surface area contributed by atoms with Gasteiger partial charge in [0.15, 0.2) is 10.8 Å². The highest BCUT2D eigenvalue weighted by Crippen LogP contribution is 2.38. The van der Waals surface area contributed by atoms with Gasteiger partial charge in [-0.25, -0.2) is 15.0 Å². The van der Waals surface area contributed by atoms with Crippen molar-refractivity contribution in [2.45, 2.75) is 64.6 Å². The van der Waals surface area contributed by atoms with Crippen LogP contribution in [0.1, 0.15) is 61.3 Å². The maximum Gasteiger partial charge on any atom is 0.266 e. The molecule has 0 unspecified atom stereocenters. The third-order valence-electron chi connectivity index (χ3n) is 5.49. The van der Waals surface area contributed by atoms with Gasteiger partial charge in [0.1, 0.15) is 4.88 Å². The van der Waals surface area contributed by atoms with Gasteiger partial charge in [0, 0.05) is 25.5 Å². The number of unbranched alkanes of at least 4 members (excludes halogenated alkanes) is 1. The van der Waals surface area contributed by atoms with Crippen molar-refractivity contribution < 1.29 is 9.53 Å². The minimum atomic E-state index is 0.0898. The molecule has 2 fully saturated rings. The molecule has 1 amide bonds. The van der Waals surface area contributed by atoms with Gasteiger partial charge in [0.2, 0.25) is 0 Å². The molecular formula is C21H28N4O2S. The van der Waals surface area contributed by atoms with E-state index in [0.717, 1.165) is 41.3 Å². The normalized spacial score (nSPS) is 22.4. The largest absolute Gasteiger partial charge is 0.371 e. The zero-order valence-electron chi connectivity index (χ0n) is 16.6. The Morgan fingerprint density at radius 2 is 2.04 bits per heavy atom. The molecule has 0 N–H and O–H groups in total. The molecule has 1 saturated heterocycles. The highest BCUT2D eigenvalue weighted by molar-refractivity contribution is 7.17. The molecule has 2 aliphatic rings. The van der Waals surface area contributed by atoms with Crippen molar-refractivity contribution in [3.05, 3.63) is 29.0 Å². The first-order valence-electron chi connectivity index (χ1n) is 10.4. The number of morpholine rings is 1. The Labute approximate surface area is 170 Å². The number of carbonyl (C=O) groups excluding carboxylic acids is 1. The molecule has 0 spiro atoms. The predicted molar refractivity (Wildman–Crippen MR) is 109 cm³/mol. The van der Waals surface area contributed by atoms with Crippen molar-refractivity contribution in [3.63, 3.8) is 0 Å². The van der Waals surface area contributed by atoms with Gasteiger partial charge in [-0.1, -0.05) is 26.7 Å². The quantitative estimate of drug-likeness (QED) is 0.703. The fourth-order valence-corrected chi connectivity index (χ4v) is 4.83. The highest BCUT2D eigenvalue weighted by atomic mass is 32.1. The first-order chi connectivity index (χ1) is 13.7. The summed E-state index contributed by atoms with van der Waals surface area (Å²) in [6.45, 7) is 5.62. The topological polar surface area (TPSA) is 68.2 Å². The van der Waals surface area contributed by atoms with E-state index < -0.39 is 0 Å². The van der Waals surface area contributed by atoms with Crippen molar-refractivity contribution in [1.82, 2.24) is 19.9 Å². The lowest BCUT2D eigenvalue weighted by Crippen LogP contribution is -2.50. The van der Waals surface area contributed by atoms with E-state index in [-0.39, 0.29) is 18.1 Å². The summed E-state index contributed by atoms with van der Waals surface area (Å²) in [5.41, 5.74) is 0.844. The Balaban J connectivity index is 1.56. The summed E-state index contributed by atoms with van der Waals surface area (Å²) in [5.74, 6) is 1.30. The van der Waals surface area contributed by atoms with Gasteiger partial charge in [-0.2, -0.15) is 0 Å². The van der Waals surface area contributed by atoms with Crippen molar-refractivity contribution in [3.8, 4) is 10.8 Å². The Kier molecular flexibility index (Phi) is 6.01. The third-order valence-corrected chi connectivity index (χ3v) is 6.57. The second-order valence-corrected chi connectivity index (χ2v) is 8.71. The summed E-state index contributed by atoms with van der Waals surface area (Å²) >= 11 is 1.42. The SMILES string of the molecule is CCCC[C@@H]1CN(C(=O)c2sc(-c3ncccn3)nc2CC)C[C@H](C2CC2)O1. The lowest BCUT2D eigenvalue weighted by molar-refractivity contribution is -0.0873. The van der Waals surface area contributed by atoms with E-state index in [9.17, 15) is 4.79 Å². The van der Waals surface area contributed by atoms with Crippen LogP contribution in [0.3, 0.4) is 0 Å². The van der Waals surface area contributed by atoms with Crippen molar-refractivity contribution in [2.24, 2.45) is 5.92 Å². The van der Waals surface area contributed by atoms with E-state index in [1.807, 2.05) is 11.8 Å². The van der Waals surface area contributed by atoms with Crippen molar-refractivity contribution in [1.29, 1.82) is 0 Å². The summed E-state index contributed by atoms with van der Waals surface area (Å²) in [5, 5.41) is 0.718. The lowest BCUT2D eigenvalue weighted by Gasteiger charge is -2.38. The van der Waals surface area contributed by atoms with Gasteiger partial charge in [0.25, 0.3) is 5.91 Å². The van der Waals surface area contributed by atoms with E-state index in [2.05, 4.69) is 21.9 Å². The maximum absolute atomic E-state index is 13.4. The molecule has 150 valence electrons. The van der Waals surface area contributed by atoms with Crippen LogP contribution in [-0.4, -0.2) is 51.1 Å². The zero-order valence-corrected chi connectivity index (χ0v) is 17.5. The zero-order chi connectivity index (χ0) is 19.5. The molecule has 2 aromatic heterocycles. The first-order valence-corrected chi connectivity index (χ1v) is 11.2. The highest BCUT2D eigenvalue weighted by Gasteiger charge is 2.40. The molecule has 1 aliphatic heterocycles. The summed E-state index contributed by atoms with van der Waals surface area (Å²) in [6.07, 6.45) is 10.2. The van der Waals surface area contributed by atoms with E-state index in [4.69, 9.17) is 4.74 Å². The van der Waals surface area contributed by atoms with Crippen LogP contribution in [0.15, 0.2) is 18.5 Å². The Bertz CT molecular complexity index is 806. The summed E-state index contributed by atoms with van der Waals surface area (Å²) in [7, 11) is 0. The number of nitrogens with zero attached hydrogens (tertiary/aromatic N) is 4. The standard InChI is InChI=1S/C21H28N4O2S/c1-3-5-7-15-12-25(13-17(27-15)14-8-9-14)21(26)18-16(4-2)24-20(28-18)19-22-10-6-11-23-19/h6,10-11,14-15,17H,3-5,7-9,12-13H2,1-2H3/t15-,17-/m1/s1. The molecule has 28 heavy (non-hydrogen) atoms. The van der Waals surface area contributed by atoms with E-state index in [1.54, 1.807) is 18.5 Å². The Morgan fingerprint density at radius 1 is 1.25 bits per heavy atom. The van der Waals surface area contributed by atoms with Crippen LogP contribution < -0.4 is 0 Å². The van der Waals surface area contributed by atoms with Gasteiger partial charge in [-0.05, 0) is 37.7 Å². The second kappa shape index (κ2) is 8.66. The smallest absolute Gasteiger partial charge is 0.266 e. The number of thiazole rings is 1. The van der Waals surface area contributed by atoms with E-state index in [0.29, 0.717) is 24.8 Å². The van der Waals surface area contributed by atoms with Crippen LogP contribution in [0.25, 0.3) is 10.8 Å². The molecule has 0 aromatic carbocycles. The lowest BCUT2D eigenvalue weighted by atomic mass is 10.1. The molecular weight excluding hydrogens is 372 g/mol. The molecule has 4 rings (SSSR count). The van der Waals surface area contributed by atoms with Gasteiger partial charge in [0.05, 0.1) is 17.9 Å². The van der Waals surface area contributed by atoms with Gasteiger partial charge in [-0.15, -0.1) is 11.3 Å². The summed E-state index contributed by atoms with van der Waals surface area (Å²) < 4.78 is 6.33. The van der Waals surface area contributed by atoms with Gasteiger partial charge in [-0.3, -0.25) is 4.79 Å². The van der Waals surface area contributed by atoms with Crippen LogP contribution in [0.2, 0.25) is 0 Å². The monoisotopic (exact) mass is 400 g/mol. The average molecular weight is 401 g/mol. The summed E-state index contributed by atoms with van der Waals surface area (Å²) in [6, 6.07) is 1.78. The van der Waals surface area contributed by atoms with E-state index in [1.165, 1.54) is 24.2 Å². The number of ether oxygens (including phenoxy) is 1. The molecule has 0 radical (unpaired) electrons. The minimum absolute atomic E-state index is 0.0898. The first kappa shape index (κ1) is 19.5. The molecule has 6 nitrogen and oxygen atoms in total. The molecule has 2 aromatic rings. The molecule has 3 heterocycles. The molecule has 1 saturated carbocycles. The Morgan fingerprint density at radius 3 is 2.71 bits per heavy atom. The fourth-order valence-electron chi connectivity index (χ4n) is 3.76. The van der Waals surface area contributed by atoms with Crippen LogP contribution in [0.4, 0.5) is 0 Å². The number of carbonyl (C=O) groups is 1. The van der Waals surface area contributed by atoms with Gasteiger partial charge >= 0.3 is 0 Å². The summed E-state index contributed by atoms with van der Waals surface area (Å²) in [4.78, 5) is 29.4. The maximum atomic E-state index is 13.4. The molecule has 7 heteroatoms. The van der Waals surface area contributed by atoms with Crippen LogP contribution in [0.5, 0.6) is 0 Å². The van der Waals surface area contributed by atoms with Crippen molar-refractivity contribution in [2.75, 3.05) is 13.1 Å². The van der Waals surface area contributed by atoms with Crippen LogP contribution >= 0.6 is 11.3 Å². The minimum Gasteiger partial charge on any atom is -0.371 e. The Hall–Kier alpha value is -1.86. The number of amides is 1.